The zero-order chi connectivity index (χ0) is 13.3. The second-order valence-electron chi connectivity index (χ2n) is 4.85. The first-order chi connectivity index (χ1) is 8.54. The van der Waals surface area contributed by atoms with Crippen LogP contribution in [0.5, 0.6) is 0 Å². The second-order valence-corrected chi connectivity index (χ2v) is 4.85. The van der Waals surface area contributed by atoms with Crippen LogP contribution in [-0.2, 0) is 17.8 Å². The Morgan fingerprint density at radius 3 is 2.78 bits per heavy atom. The number of aryl methyl sites for hydroxylation is 2. The number of carboxylic acids is 1. The average Bonchev–Trinajstić information content (AvgIpc) is 2.69. The normalized spacial score (nSPS) is 12.8. The molecule has 0 radical (unpaired) electrons. The van der Waals surface area contributed by atoms with Crippen molar-refractivity contribution in [2.75, 3.05) is 0 Å². The van der Waals surface area contributed by atoms with Crippen molar-refractivity contribution in [2.24, 2.45) is 5.92 Å². The van der Waals surface area contributed by atoms with Gasteiger partial charge in [-0.05, 0) is 31.4 Å². The zero-order valence-electron chi connectivity index (χ0n) is 11.1. The maximum absolute atomic E-state index is 11.0. The lowest BCUT2D eigenvalue weighted by Gasteiger charge is -2.04. The minimum absolute atomic E-state index is 0.346. The maximum Gasteiger partial charge on any atom is 0.306 e. The van der Waals surface area contributed by atoms with Gasteiger partial charge in [-0.15, -0.1) is 0 Å². The first kappa shape index (κ1) is 12.7. The van der Waals surface area contributed by atoms with Gasteiger partial charge in [-0.25, -0.2) is 0 Å². The van der Waals surface area contributed by atoms with Crippen molar-refractivity contribution >= 4 is 16.9 Å². The summed E-state index contributed by atoms with van der Waals surface area (Å²) in [5.74, 6) is -1.08. The van der Waals surface area contributed by atoms with E-state index in [-0.39, 0.29) is 5.92 Å². The molecular weight excluding hydrogens is 226 g/mol. The molecular formula is C15H19NO2. The molecule has 0 aliphatic carbocycles. The Bertz CT molecular complexity index is 583. The van der Waals surface area contributed by atoms with Gasteiger partial charge in [0.1, 0.15) is 0 Å². The van der Waals surface area contributed by atoms with Crippen molar-refractivity contribution in [1.82, 2.24) is 4.57 Å². The predicted octanol–water partition coefficient (Wildman–Crippen LogP) is 3.23. The molecule has 1 aromatic carbocycles. The predicted molar refractivity (Wildman–Crippen MR) is 72.9 cm³/mol. The number of nitrogens with zero attached hydrogens (tertiary/aromatic N) is 1. The van der Waals surface area contributed by atoms with E-state index >= 15 is 0 Å². The van der Waals surface area contributed by atoms with E-state index < -0.39 is 5.97 Å². The molecule has 0 fully saturated rings. The zero-order valence-corrected chi connectivity index (χ0v) is 11.1. The lowest BCUT2D eigenvalue weighted by atomic mass is 10.00. The third-order valence-corrected chi connectivity index (χ3v) is 3.47. The van der Waals surface area contributed by atoms with E-state index in [1.54, 1.807) is 6.92 Å². The molecule has 3 nitrogen and oxygen atoms in total. The van der Waals surface area contributed by atoms with E-state index in [0.717, 1.165) is 12.1 Å². The monoisotopic (exact) mass is 245 g/mol. The van der Waals surface area contributed by atoms with E-state index in [4.69, 9.17) is 5.11 Å². The van der Waals surface area contributed by atoms with Crippen LogP contribution in [0.15, 0.2) is 24.4 Å². The van der Waals surface area contributed by atoms with Gasteiger partial charge < -0.3 is 9.67 Å². The molecule has 1 aromatic heterocycles. The molecule has 0 amide bonds. The summed E-state index contributed by atoms with van der Waals surface area (Å²) in [7, 11) is 0. The fourth-order valence-corrected chi connectivity index (χ4v) is 2.45. The number of rotatable bonds is 4. The van der Waals surface area contributed by atoms with Gasteiger partial charge >= 0.3 is 5.97 Å². The lowest BCUT2D eigenvalue weighted by Crippen LogP contribution is -2.11. The Balaban J connectivity index is 2.52. The third kappa shape index (κ3) is 2.13. The highest BCUT2D eigenvalue weighted by molar-refractivity contribution is 5.87. The summed E-state index contributed by atoms with van der Waals surface area (Å²) in [6.45, 7) is 6.87. The van der Waals surface area contributed by atoms with Crippen molar-refractivity contribution in [3.8, 4) is 0 Å². The lowest BCUT2D eigenvalue weighted by molar-refractivity contribution is -0.141. The van der Waals surface area contributed by atoms with Crippen LogP contribution in [0, 0.1) is 12.8 Å². The van der Waals surface area contributed by atoms with Crippen LogP contribution in [0.1, 0.15) is 25.0 Å². The molecule has 0 saturated carbocycles. The van der Waals surface area contributed by atoms with Crippen molar-refractivity contribution in [2.45, 2.75) is 33.7 Å². The summed E-state index contributed by atoms with van der Waals surface area (Å²) < 4.78 is 2.20. The van der Waals surface area contributed by atoms with Crippen LogP contribution in [0.3, 0.4) is 0 Å². The van der Waals surface area contributed by atoms with E-state index in [1.807, 2.05) is 6.07 Å². The molecule has 0 aliphatic heterocycles. The Labute approximate surface area is 107 Å². The number of carbonyl (C=O) groups is 1. The van der Waals surface area contributed by atoms with Crippen molar-refractivity contribution in [3.05, 3.63) is 35.5 Å². The SMILES string of the molecule is CCn1cc(CC(C)C(=O)O)c2cccc(C)c21. The van der Waals surface area contributed by atoms with Gasteiger partial charge in [0, 0.05) is 18.1 Å². The summed E-state index contributed by atoms with van der Waals surface area (Å²) in [6.07, 6.45) is 2.68. The van der Waals surface area contributed by atoms with Crippen molar-refractivity contribution < 1.29 is 9.90 Å². The number of aromatic nitrogens is 1. The van der Waals surface area contributed by atoms with Gasteiger partial charge in [-0.3, -0.25) is 4.79 Å². The first-order valence-electron chi connectivity index (χ1n) is 6.34. The van der Waals surface area contributed by atoms with Gasteiger partial charge in [0.05, 0.1) is 11.4 Å². The van der Waals surface area contributed by atoms with Crippen LogP contribution in [0.4, 0.5) is 0 Å². The Morgan fingerprint density at radius 1 is 1.44 bits per heavy atom. The van der Waals surface area contributed by atoms with Gasteiger partial charge in [0.2, 0.25) is 0 Å². The van der Waals surface area contributed by atoms with E-state index in [2.05, 4.69) is 36.7 Å². The molecule has 2 aromatic rings. The molecule has 0 saturated heterocycles. The molecule has 0 spiro atoms. The van der Waals surface area contributed by atoms with Gasteiger partial charge in [0.15, 0.2) is 0 Å². The summed E-state index contributed by atoms with van der Waals surface area (Å²) in [5.41, 5.74) is 3.60. The fraction of sp³-hybridized carbons (Fsp3) is 0.400. The molecule has 0 bridgehead atoms. The quantitative estimate of drug-likeness (QED) is 0.898. The minimum atomic E-state index is -0.736. The highest BCUT2D eigenvalue weighted by atomic mass is 16.4. The van der Waals surface area contributed by atoms with Crippen LogP contribution in [0.2, 0.25) is 0 Å². The molecule has 2 rings (SSSR count). The molecule has 96 valence electrons. The maximum atomic E-state index is 11.0. The first-order valence-corrected chi connectivity index (χ1v) is 6.34. The van der Waals surface area contributed by atoms with Crippen LogP contribution < -0.4 is 0 Å². The second kappa shape index (κ2) is 4.84. The summed E-state index contributed by atoms with van der Waals surface area (Å²) in [6, 6.07) is 6.21. The molecule has 1 heterocycles. The van der Waals surface area contributed by atoms with Gasteiger partial charge in [0.25, 0.3) is 0 Å². The molecule has 1 atom stereocenters. The molecule has 3 heteroatoms. The Kier molecular flexibility index (Phi) is 3.41. The number of hydrogen-bond donors (Lipinski definition) is 1. The number of aliphatic carboxylic acids is 1. The largest absolute Gasteiger partial charge is 0.481 e. The van der Waals surface area contributed by atoms with E-state index in [0.29, 0.717) is 6.42 Å². The smallest absolute Gasteiger partial charge is 0.306 e. The average molecular weight is 245 g/mol. The number of fused-ring (bicyclic) bond motifs is 1. The number of para-hydroxylation sites is 1. The summed E-state index contributed by atoms with van der Waals surface area (Å²) in [4.78, 5) is 11.0. The van der Waals surface area contributed by atoms with E-state index in [1.165, 1.54) is 16.5 Å². The number of hydrogen-bond acceptors (Lipinski definition) is 1. The number of benzene rings is 1. The van der Waals surface area contributed by atoms with Crippen LogP contribution >= 0.6 is 0 Å². The highest BCUT2D eigenvalue weighted by Gasteiger charge is 2.16. The molecule has 18 heavy (non-hydrogen) atoms. The topological polar surface area (TPSA) is 42.2 Å². The third-order valence-electron chi connectivity index (χ3n) is 3.47. The van der Waals surface area contributed by atoms with Crippen molar-refractivity contribution in [1.29, 1.82) is 0 Å². The van der Waals surface area contributed by atoms with E-state index in [9.17, 15) is 4.79 Å². The van der Waals surface area contributed by atoms with Gasteiger partial charge in [-0.2, -0.15) is 0 Å². The van der Waals surface area contributed by atoms with Crippen molar-refractivity contribution in [3.63, 3.8) is 0 Å². The standard InChI is InChI=1S/C15H19NO2/c1-4-16-9-12(8-11(3)15(17)18)13-7-5-6-10(2)14(13)16/h5-7,9,11H,4,8H2,1-3H3,(H,17,18). The molecule has 1 unspecified atom stereocenters. The Morgan fingerprint density at radius 2 is 2.17 bits per heavy atom. The Hall–Kier alpha value is -1.77. The summed E-state index contributed by atoms with van der Waals surface area (Å²) >= 11 is 0. The number of carboxylic acid groups (broad SMARTS) is 1. The minimum Gasteiger partial charge on any atom is -0.481 e. The highest BCUT2D eigenvalue weighted by Crippen LogP contribution is 2.26. The van der Waals surface area contributed by atoms with Crippen LogP contribution in [-0.4, -0.2) is 15.6 Å². The molecule has 0 aliphatic rings. The molecule has 1 N–H and O–H groups in total. The fourth-order valence-electron chi connectivity index (χ4n) is 2.45. The van der Waals surface area contributed by atoms with Crippen LogP contribution in [0.25, 0.3) is 10.9 Å². The van der Waals surface area contributed by atoms with Gasteiger partial charge in [-0.1, -0.05) is 25.1 Å². The summed E-state index contributed by atoms with van der Waals surface area (Å²) in [5, 5.41) is 10.2.